The highest BCUT2D eigenvalue weighted by molar-refractivity contribution is 8.00. The van der Waals surface area contributed by atoms with Gasteiger partial charge < -0.3 is 9.30 Å². The third kappa shape index (κ3) is 5.11. The first-order valence-electron chi connectivity index (χ1n) is 9.02. The van der Waals surface area contributed by atoms with Crippen molar-refractivity contribution in [3.8, 4) is 11.3 Å². The van der Waals surface area contributed by atoms with Crippen LogP contribution in [-0.2, 0) is 16.1 Å². The average molecular weight is 361 g/mol. The Bertz CT molecular complexity index is 681. The Labute approximate surface area is 155 Å². The molecule has 1 aromatic heterocycles. The molecule has 0 amide bonds. The van der Waals surface area contributed by atoms with E-state index in [1.807, 2.05) is 25.1 Å². The maximum Gasteiger partial charge on any atom is 0.316 e. The van der Waals surface area contributed by atoms with Crippen LogP contribution in [0.5, 0.6) is 0 Å². The molecule has 0 atom stereocenters. The van der Waals surface area contributed by atoms with E-state index in [0.717, 1.165) is 41.5 Å². The molecule has 1 heterocycles. The van der Waals surface area contributed by atoms with Crippen LogP contribution in [0.2, 0.25) is 0 Å². The van der Waals surface area contributed by atoms with E-state index in [1.54, 1.807) is 0 Å². The van der Waals surface area contributed by atoms with Crippen molar-refractivity contribution in [1.29, 1.82) is 0 Å². The molecule has 136 valence electrons. The molecule has 0 aliphatic rings. The lowest BCUT2D eigenvalue weighted by Crippen LogP contribution is -2.07. The second-order valence-electron chi connectivity index (χ2n) is 6.24. The summed E-state index contributed by atoms with van der Waals surface area (Å²) in [5, 5.41) is 0.916. The summed E-state index contributed by atoms with van der Waals surface area (Å²) in [6.45, 7) is 9.71. The van der Waals surface area contributed by atoms with Crippen molar-refractivity contribution in [3.63, 3.8) is 0 Å². The lowest BCUT2D eigenvalue weighted by molar-refractivity contribution is -0.139. The van der Waals surface area contributed by atoms with Crippen LogP contribution in [0.4, 0.5) is 0 Å². The van der Waals surface area contributed by atoms with E-state index in [1.165, 1.54) is 11.8 Å². The van der Waals surface area contributed by atoms with Crippen LogP contribution in [0, 0.1) is 0 Å². The van der Waals surface area contributed by atoms with Gasteiger partial charge in [0.1, 0.15) is 10.9 Å². The Morgan fingerprint density at radius 2 is 1.96 bits per heavy atom. The summed E-state index contributed by atoms with van der Waals surface area (Å²) in [6.07, 6.45) is 2.24. The summed E-state index contributed by atoms with van der Waals surface area (Å²) in [5.74, 6) is 1.51. The molecular weight excluding hydrogens is 332 g/mol. The third-order valence-corrected chi connectivity index (χ3v) is 4.83. The Hall–Kier alpha value is -1.75. The van der Waals surface area contributed by atoms with Crippen LogP contribution >= 0.6 is 11.8 Å². The van der Waals surface area contributed by atoms with E-state index < -0.39 is 0 Å². The largest absolute Gasteiger partial charge is 0.465 e. The molecule has 5 heteroatoms. The minimum Gasteiger partial charge on any atom is -0.465 e. The van der Waals surface area contributed by atoms with Crippen molar-refractivity contribution in [2.45, 2.75) is 58.0 Å². The molecule has 4 nitrogen and oxygen atoms in total. The van der Waals surface area contributed by atoms with Gasteiger partial charge >= 0.3 is 5.97 Å². The highest BCUT2D eigenvalue weighted by atomic mass is 32.2. The van der Waals surface area contributed by atoms with E-state index in [-0.39, 0.29) is 11.7 Å². The lowest BCUT2D eigenvalue weighted by Gasteiger charge is -2.14. The molecule has 0 spiro atoms. The number of rotatable bonds is 9. The standard InChI is InChI=1S/C20H28N2O2S/c1-5-7-13-22-18(16-11-9-8-10-12-16)20(21-19(22)15(3)4)25-14-17(23)24-6-2/h8-12,15H,5-7,13-14H2,1-4H3. The number of thioether (sulfide) groups is 1. The maximum absolute atomic E-state index is 11.8. The van der Waals surface area contributed by atoms with Gasteiger partial charge in [-0.05, 0) is 13.3 Å². The fourth-order valence-electron chi connectivity index (χ4n) is 2.74. The van der Waals surface area contributed by atoms with E-state index in [0.29, 0.717) is 12.5 Å². The van der Waals surface area contributed by atoms with Gasteiger partial charge in [-0.3, -0.25) is 4.79 Å². The molecule has 0 saturated carbocycles. The molecule has 2 rings (SSSR count). The minimum atomic E-state index is -0.194. The molecule has 0 radical (unpaired) electrons. The SMILES string of the molecule is CCCCn1c(C(C)C)nc(SCC(=O)OCC)c1-c1ccccc1. The molecule has 0 saturated heterocycles. The van der Waals surface area contributed by atoms with Gasteiger partial charge in [-0.1, -0.05) is 69.3 Å². The van der Waals surface area contributed by atoms with Gasteiger partial charge in [0.2, 0.25) is 0 Å². The molecule has 0 N–H and O–H groups in total. The highest BCUT2D eigenvalue weighted by Gasteiger charge is 2.21. The van der Waals surface area contributed by atoms with E-state index >= 15 is 0 Å². The number of ether oxygens (including phenoxy) is 1. The Balaban J connectivity index is 2.43. The van der Waals surface area contributed by atoms with Gasteiger partial charge in [0, 0.05) is 18.0 Å². The van der Waals surface area contributed by atoms with Crippen LogP contribution in [0.15, 0.2) is 35.4 Å². The zero-order valence-electron chi connectivity index (χ0n) is 15.6. The van der Waals surface area contributed by atoms with Crippen molar-refractivity contribution < 1.29 is 9.53 Å². The van der Waals surface area contributed by atoms with Crippen molar-refractivity contribution in [2.75, 3.05) is 12.4 Å². The number of hydrogen-bond acceptors (Lipinski definition) is 4. The van der Waals surface area contributed by atoms with Crippen molar-refractivity contribution in [1.82, 2.24) is 9.55 Å². The van der Waals surface area contributed by atoms with Crippen LogP contribution in [0.1, 0.15) is 52.3 Å². The first-order chi connectivity index (χ1) is 12.1. The summed E-state index contributed by atoms with van der Waals surface area (Å²) >= 11 is 1.47. The van der Waals surface area contributed by atoms with E-state index in [2.05, 4.69) is 37.5 Å². The molecule has 2 aromatic rings. The number of aromatic nitrogens is 2. The van der Waals surface area contributed by atoms with Gasteiger partial charge in [-0.2, -0.15) is 0 Å². The predicted molar refractivity (Wildman–Crippen MR) is 104 cm³/mol. The Kier molecular flexibility index (Phi) is 7.56. The number of imidazole rings is 1. The summed E-state index contributed by atoms with van der Waals surface area (Å²) in [6, 6.07) is 10.3. The smallest absolute Gasteiger partial charge is 0.316 e. The fraction of sp³-hybridized carbons (Fsp3) is 0.500. The van der Waals surface area contributed by atoms with Crippen molar-refractivity contribution in [3.05, 3.63) is 36.2 Å². The second kappa shape index (κ2) is 9.66. The Morgan fingerprint density at radius 3 is 2.56 bits per heavy atom. The molecule has 1 aromatic carbocycles. The van der Waals surface area contributed by atoms with Crippen LogP contribution in [-0.4, -0.2) is 27.9 Å². The zero-order valence-corrected chi connectivity index (χ0v) is 16.4. The monoisotopic (exact) mass is 360 g/mol. The fourth-order valence-corrected chi connectivity index (χ4v) is 3.60. The molecular formula is C20H28N2O2S. The second-order valence-corrected chi connectivity index (χ2v) is 7.21. The number of carbonyl (C=O) groups excluding carboxylic acids is 1. The molecule has 0 bridgehead atoms. The number of esters is 1. The molecule has 0 aliphatic carbocycles. The zero-order chi connectivity index (χ0) is 18.2. The third-order valence-electron chi connectivity index (χ3n) is 3.90. The van der Waals surface area contributed by atoms with Gasteiger partial charge in [-0.15, -0.1) is 0 Å². The summed E-state index contributed by atoms with van der Waals surface area (Å²) < 4.78 is 7.39. The average Bonchev–Trinajstić information content (AvgIpc) is 2.98. The summed E-state index contributed by atoms with van der Waals surface area (Å²) in [5.41, 5.74) is 2.26. The first-order valence-corrected chi connectivity index (χ1v) is 10.0. The molecule has 0 fully saturated rings. The highest BCUT2D eigenvalue weighted by Crippen LogP contribution is 2.34. The molecule has 25 heavy (non-hydrogen) atoms. The quantitative estimate of drug-likeness (QED) is 0.459. The van der Waals surface area contributed by atoms with Crippen molar-refractivity contribution in [2.24, 2.45) is 0 Å². The van der Waals surface area contributed by atoms with Crippen LogP contribution in [0.25, 0.3) is 11.3 Å². The molecule has 0 aliphatic heterocycles. The van der Waals surface area contributed by atoms with Gasteiger partial charge in [0.15, 0.2) is 0 Å². The summed E-state index contributed by atoms with van der Waals surface area (Å²) in [7, 11) is 0. The number of benzene rings is 1. The van der Waals surface area contributed by atoms with E-state index in [4.69, 9.17) is 9.72 Å². The van der Waals surface area contributed by atoms with Gasteiger partial charge in [0.05, 0.1) is 18.1 Å². The van der Waals surface area contributed by atoms with E-state index in [9.17, 15) is 4.79 Å². The maximum atomic E-state index is 11.8. The van der Waals surface area contributed by atoms with Gasteiger partial charge in [0.25, 0.3) is 0 Å². The predicted octanol–water partition coefficient (Wildman–Crippen LogP) is 5.13. The summed E-state index contributed by atoms with van der Waals surface area (Å²) in [4.78, 5) is 16.7. The minimum absolute atomic E-state index is 0.194. The molecule has 0 unspecified atom stereocenters. The number of unbranched alkanes of at least 4 members (excludes halogenated alkanes) is 1. The van der Waals surface area contributed by atoms with Crippen molar-refractivity contribution >= 4 is 17.7 Å². The number of hydrogen-bond donors (Lipinski definition) is 0. The van der Waals surface area contributed by atoms with Gasteiger partial charge in [-0.25, -0.2) is 4.98 Å². The number of nitrogens with zero attached hydrogens (tertiary/aromatic N) is 2. The number of carbonyl (C=O) groups is 1. The Morgan fingerprint density at radius 1 is 1.24 bits per heavy atom. The van der Waals surface area contributed by atoms with Crippen LogP contribution < -0.4 is 0 Å². The first kappa shape index (κ1) is 19.6. The lowest BCUT2D eigenvalue weighted by atomic mass is 10.1. The van der Waals surface area contributed by atoms with Crippen LogP contribution in [0.3, 0.4) is 0 Å². The normalized spacial score (nSPS) is 11.1. The topological polar surface area (TPSA) is 44.1 Å².